The first-order chi connectivity index (χ1) is 8.85. The Bertz CT molecular complexity index is 426. The van der Waals surface area contributed by atoms with E-state index in [9.17, 15) is 8.78 Å². The fourth-order valence-electron chi connectivity index (χ4n) is 2.60. The van der Waals surface area contributed by atoms with Gasteiger partial charge >= 0.3 is 0 Å². The number of nitrogens with zero attached hydrogens (tertiary/aromatic N) is 1. The van der Waals surface area contributed by atoms with Crippen molar-refractivity contribution in [3.63, 3.8) is 0 Å². The van der Waals surface area contributed by atoms with Gasteiger partial charge in [0.15, 0.2) is 0 Å². The molecule has 19 heavy (non-hydrogen) atoms. The summed E-state index contributed by atoms with van der Waals surface area (Å²) in [6, 6.07) is 4.20. The average molecular weight is 268 g/mol. The number of piperazine rings is 1. The standard InChI is InChI=1S/C15H22F2N2/c1-11-9-18-15(2,3)10-19(11)5-4-12-6-13(16)8-14(17)7-12/h6-8,11,18H,4-5,9-10H2,1-3H3. The number of rotatable bonds is 3. The summed E-state index contributed by atoms with van der Waals surface area (Å²) in [5.41, 5.74) is 0.820. The maximum absolute atomic E-state index is 13.1. The van der Waals surface area contributed by atoms with Crippen LogP contribution >= 0.6 is 0 Å². The van der Waals surface area contributed by atoms with Crippen LogP contribution in [-0.2, 0) is 6.42 Å². The zero-order chi connectivity index (χ0) is 14.0. The molecule has 0 radical (unpaired) electrons. The van der Waals surface area contributed by atoms with Crippen molar-refractivity contribution in [3.8, 4) is 0 Å². The molecule has 1 fully saturated rings. The maximum Gasteiger partial charge on any atom is 0.126 e. The Hall–Kier alpha value is -1.00. The lowest BCUT2D eigenvalue weighted by molar-refractivity contribution is 0.106. The lowest BCUT2D eigenvalue weighted by Gasteiger charge is -2.43. The van der Waals surface area contributed by atoms with Crippen LogP contribution in [0.1, 0.15) is 26.3 Å². The van der Waals surface area contributed by atoms with Crippen LogP contribution in [0.3, 0.4) is 0 Å². The first-order valence-corrected chi connectivity index (χ1v) is 6.80. The average Bonchev–Trinajstić information content (AvgIpc) is 2.29. The van der Waals surface area contributed by atoms with Crippen LogP contribution in [0.4, 0.5) is 8.78 Å². The van der Waals surface area contributed by atoms with E-state index in [4.69, 9.17) is 0 Å². The van der Waals surface area contributed by atoms with Crippen LogP contribution in [0.2, 0.25) is 0 Å². The Morgan fingerprint density at radius 3 is 2.53 bits per heavy atom. The van der Waals surface area contributed by atoms with Gasteiger partial charge in [-0.05, 0) is 44.9 Å². The Kier molecular flexibility index (Phi) is 4.21. The summed E-state index contributed by atoms with van der Waals surface area (Å²) >= 11 is 0. The second-order valence-corrected chi connectivity index (χ2v) is 6.11. The second-order valence-electron chi connectivity index (χ2n) is 6.11. The SMILES string of the molecule is CC1CNC(C)(C)CN1CCc1cc(F)cc(F)c1. The molecule has 1 aromatic rings. The van der Waals surface area contributed by atoms with Crippen LogP contribution in [0.5, 0.6) is 0 Å². The summed E-state index contributed by atoms with van der Waals surface area (Å²) < 4.78 is 26.3. The van der Waals surface area contributed by atoms with Crippen molar-refractivity contribution >= 4 is 0 Å². The minimum absolute atomic E-state index is 0.0969. The Morgan fingerprint density at radius 2 is 1.89 bits per heavy atom. The van der Waals surface area contributed by atoms with Crippen LogP contribution in [-0.4, -0.2) is 36.1 Å². The molecular formula is C15H22F2N2. The zero-order valence-electron chi connectivity index (χ0n) is 11.8. The third kappa shape index (κ3) is 3.98. The third-order valence-corrected chi connectivity index (χ3v) is 3.71. The largest absolute Gasteiger partial charge is 0.309 e. The van der Waals surface area contributed by atoms with Crippen LogP contribution in [0.15, 0.2) is 18.2 Å². The van der Waals surface area contributed by atoms with Crippen molar-refractivity contribution in [1.29, 1.82) is 0 Å². The van der Waals surface area contributed by atoms with E-state index in [-0.39, 0.29) is 5.54 Å². The molecule has 4 heteroatoms. The predicted molar refractivity (Wildman–Crippen MR) is 73.2 cm³/mol. The normalized spacial score (nSPS) is 23.5. The second kappa shape index (κ2) is 5.55. The van der Waals surface area contributed by atoms with Crippen molar-refractivity contribution in [2.75, 3.05) is 19.6 Å². The highest BCUT2D eigenvalue weighted by Crippen LogP contribution is 2.16. The molecule has 1 heterocycles. The van der Waals surface area contributed by atoms with Gasteiger partial charge in [-0.25, -0.2) is 8.78 Å². The van der Waals surface area contributed by atoms with Gasteiger partial charge in [0.2, 0.25) is 0 Å². The molecule has 0 aromatic heterocycles. The zero-order valence-corrected chi connectivity index (χ0v) is 11.8. The molecule has 1 unspecified atom stereocenters. The molecule has 0 aliphatic carbocycles. The molecule has 0 bridgehead atoms. The van der Waals surface area contributed by atoms with Crippen molar-refractivity contribution in [2.24, 2.45) is 0 Å². The van der Waals surface area contributed by atoms with Crippen LogP contribution < -0.4 is 5.32 Å². The van der Waals surface area contributed by atoms with E-state index in [1.807, 2.05) is 0 Å². The Labute approximate surface area is 113 Å². The van der Waals surface area contributed by atoms with E-state index >= 15 is 0 Å². The van der Waals surface area contributed by atoms with Gasteiger partial charge in [-0.1, -0.05) is 0 Å². The smallest absolute Gasteiger partial charge is 0.126 e. The first kappa shape index (κ1) is 14.4. The van der Waals surface area contributed by atoms with Gasteiger partial charge in [-0.2, -0.15) is 0 Å². The molecule has 1 aliphatic rings. The minimum Gasteiger partial charge on any atom is -0.309 e. The van der Waals surface area contributed by atoms with E-state index in [2.05, 4.69) is 31.0 Å². The van der Waals surface area contributed by atoms with Gasteiger partial charge < -0.3 is 5.32 Å². The summed E-state index contributed by atoms with van der Waals surface area (Å²) in [6.45, 7) is 9.25. The summed E-state index contributed by atoms with van der Waals surface area (Å²) in [7, 11) is 0. The lowest BCUT2D eigenvalue weighted by Crippen LogP contribution is -2.60. The molecule has 1 aliphatic heterocycles. The topological polar surface area (TPSA) is 15.3 Å². The van der Waals surface area contributed by atoms with Crippen molar-refractivity contribution in [2.45, 2.75) is 38.8 Å². The van der Waals surface area contributed by atoms with E-state index < -0.39 is 11.6 Å². The summed E-state index contributed by atoms with van der Waals surface area (Å²) in [6.07, 6.45) is 0.676. The predicted octanol–water partition coefficient (Wildman–Crippen LogP) is 2.58. The van der Waals surface area contributed by atoms with E-state index in [0.717, 1.165) is 31.3 Å². The van der Waals surface area contributed by atoms with Gasteiger partial charge in [0, 0.05) is 37.3 Å². The molecule has 0 spiro atoms. The molecule has 1 aromatic carbocycles. The van der Waals surface area contributed by atoms with Gasteiger partial charge in [0.05, 0.1) is 0 Å². The highest BCUT2D eigenvalue weighted by Gasteiger charge is 2.29. The van der Waals surface area contributed by atoms with E-state index in [1.165, 1.54) is 12.1 Å². The Morgan fingerprint density at radius 1 is 1.26 bits per heavy atom. The molecule has 2 rings (SSSR count). The monoisotopic (exact) mass is 268 g/mol. The number of hydrogen-bond acceptors (Lipinski definition) is 2. The summed E-state index contributed by atoms with van der Waals surface area (Å²) in [5.74, 6) is -0.993. The molecule has 0 amide bonds. The van der Waals surface area contributed by atoms with Crippen LogP contribution in [0, 0.1) is 11.6 Å². The first-order valence-electron chi connectivity index (χ1n) is 6.80. The third-order valence-electron chi connectivity index (χ3n) is 3.71. The molecule has 106 valence electrons. The van der Waals surface area contributed by atoms with Gasteiger partial charge in [-0.3, -0.25) is 4.90 Å². The van der Waals surface area contributed by atoms with Gasteiger partial charge in [0.25, 0.3) is 0 Å². The quantitative estimate of drug-likeness (QED) is 0.906. The summed E-state index contributed by atoms with van der Waals surface area (Å²) in [4.78, 5) is 2.37. The Balaban J connectivity index is 1.97. The van der Waals surface area contributed by atoms with Crippen LogP contribution in [0.25, 0.3) is 0 Å². The van der Waals surface area contributed by atoms with E-state index in [1.54, 1.807) is 0 Å². The molecule has 1 saturated heterocycles. The molecule has 1 atom stereocenters. The highest BCUT2D eigenvalue weighted by atomic mass is 19.1. The fourth-order valence-corrected chi connectivity index (χ4v) is 2.60. The minimum atomic E-state index is -0.497. The molecule has 1 N–H and O–H groups in total. The molecule has 2 nitrogen and oxygen atoms in total. The fraction of sp³-hybridized carbons (Fsp3) is 0.600. The maximum atomic E-state index is 13.1. The molecule has 0 saturated carbocycles. The number of halogens is 2. The highest BCUT2D eigenvalue weighted by molar-refractivity contribution is 5.18. The van der Waals surface area contributed by atoms with Crippen molar-refractivity contribution < 1.29 is 8.78 Å². The summed E-state index contributed by atoms with van der Waals surface area (Å²) in [5, 5.41) is 3.49. The van der Waals surface area contributed by atoms with Crippen molar-refractivity contribution in [3.05, 3.63) is 35.4 Å². The number of benzene rings is 1. The number of hydrogen-bond donors (Lipinski definition) is 1. The van der Waals surface area contributed by atoms with E-state index in [0.29, 0.717) is 12.5 Å². The lowest BCUT2D eigenvalue weighted by atomic mass is 9.98. The molecular weight excluding hydrogens is 246 g/mol. The number of nitrogens with one attached hydrogen (secondary N) is 1. The van der Waals surface area contributed by atoms with Gasteiger partial charge in [0.1, 0.15) is 11.6 Å². The van der Waals surface area contributed by atoms with Crippen molar-refractivity contribution in [1.82, 2.24) is 10.2 Å². The van der Waals surface area contributed by atoms with Gasteiger partial charge in [-0.15, -0.1) is 0 Å².